The molecule has 0 aliphatic rings. The van der Waals surface area contributed by atoms with Gasteiger partial charge in [-0.05, 0) is 26.4 Å². The Morgan fingerprint density at radius 2 is 1.95 bits per heavy atom. The first-order valence-electron chi connectivity index (χ1n) is 5.88. The molecule has 0 bridgehead atoms. The molecule has 0 radical (unpaired) electrons. The molecule has 0 saturated carbocycles. The van der Waals surface area contributed by atoms with Gasteiger partial charge in [0.15, 0.2) is 4.21 Å². The third kappa shape index (κ3) is 4.72. The summed E-state index contributed by atoms with van der Waals surface area (Å²) in [4.78, 5) is 15.3. The molecule has 19 heavy (non-hydrogen) atoms. The lowest BCUT2D eigenvalue weighted by molar-refractivity contribution is 0.242. The summed E-state index contributed by atoms with van der Waals surface area (Å²) in [5.41, 5.74) is 0.194. The minimum atomic E-state index is -3.62. The van der Waals surface area contributed by atoms with E-state index < -0.39 is 10.0 Å². The maximum absolute atomic E-state index is 12.1. The third-order valence-corrected chi connectivity index (χ3v) is 5.52. The van der Waals surface area contributed by atoms with E-state index in [-0.39, 0.29) is 14.5 Å². The molecule has 8 heteroatoms. The largest absolute Gasteiger partial charge is 0.315 e. The van der Waals surface area contributed by atoms with Crippen molar-refractivity contribution in [3.63, 3.8) is 0 Å². The summed E-state index contributed by atoms with van der Waals surface area (Å²) in [5.74, 6) is 0. The molecule has 6 nitrogen and oxygen atoms in total. The van der Waals surface area contributed by atoms with Crippen molar-refractivity contribution in [2.75, 3.05) is 27.2 Å². The van der Waals surface area contributed by atoms with E-state index in [0.29, 0.717) is 23.6 Å². The van der Waals surface area contributed by atoms with Gasteiger partial charge in [0.2, 0.25) is 0 Å². The minimum Gasteiger partial charge on any atom is -0.315 e. The van der Waals surface area contributed by atoms with Crippen molar-refractivity contribution in [1.29, 1.82) is 0 Å². The predicted octanol–water partition coefficient (Wildman–Crippen LogP) is 0.611. The monoisotopic (exact) mass is 307 g/mol. The molecule has 0 amide bonds. The van der Waals surface area contributed by atoms with Crippen molar-refractivity contribution in [2.45, 2.75) is 25.0 Å². The van der Waals surface area contributed by atoms with Crippen LogP contribution in [0.15, 0.2) is 9.00 Å². The first-order chi connectivity index (χ1) is 8.53. The van der Waals surface area contributed by atoms with Crippen molar-refractivity contribution in [1.82, 2.24) is 14.6 Å². The zero-order valence-electron chi connectivity index (χ0n) is 11.9. The van der Waals surface area contributed by atoms with Crippen molar-refractivity contribution in [2.24, 2.45) is 5.41 Å². The first-order valence-corrected chi connectivity index (χ1v) is 8.17. The van der Waals surface area contributed by atoms with Crippen molar-refractivity contribution in [3.8, 4) is 0 Å². The topological polar surface area (TPSA) is 82.3 Å². The Bertz CT molecular complexity index is 585. The molecule has 0 unspecified atom stereocenters. The van der Waals surface area contributed by atoms with Crippen LogP contribution in [0, 0.1) is 12.3 Å². The number of H-pyrrole nitrogens is 1. The highest BCUT2D eigenvalue weighted by Gasteiger charge is 2.25. The maximum atomic E-state index is 12.1. The highest BCUT2D eigenvalue weighted by atomic mass is 32.2. The second-order valence-electron chi connectivity index (χ2n) is 5.65. The van der Waals surface area contributed by atoms with Crippen molar-refractivity contribution in [3.05, 3.63) is 15.4 Å². The van der Waals surface area contributed by atoms with Gasteiger partial charge in [0.05, 0.1) is 0 Å². The smallest absolute Gasteiger partial charge is 0.305 e. The Hall–Kier alpha value is -0.700. The second-order valence-corrected chi connectivity index (χ2v) is 8.60. The summed E-state index contributed by atoms with van der Waals surface area (Å²) in [6.45, 7) is 6.64. The lowest BCUT2D eigenvalue weighted by atomic mass is 9.93. The molecule has 1 aromatic rings. The number of sulfonamides is 1. The van der Waals surface area contributed by atoms with Crippen molar-refractivity contribution < 1.29 is 8.42 Å². The fraction of sp³-hybridized carbons (Fsp3) is 0.727. The maximum Gasteiger partial charge on any atom is 0.305 e. The van der Waals surface area contributed by atoms with Gasteiger partial charge in [0.25, 0.3) is 10.0 Å². The molecule has 0 fully saturated rings. The van der Waals surface area contributed by atoms with Crippen LogP contribution in [-0.4, -0.2) is 45.5 Å². The van der Waals surface area contributed by atoms with Crippen LogP contribution in [-0.2, 0) is 10.0 Å². The number of aromatic amines is 1. The standard InChI is InChI=1S/C11H21N3O3S2/c1-8-9(18-10(15)13-8)19(16,17)12-6-11(2,3)7-14(4)5/h12H,6-7H2,1-5H3,(H,13,15). The fourth-order valence-corrected chi connectivity index (χ4v) is 4.50. The van der Waals surface area contributed by atoms with Crippen LogP contribution >= 0.6 is 11.3 Å². The van der Waals surface area contributed by atoms with Crippen LogP contribution in [0.2, 0.25) is 0 Å². The van der Waals surface area contributed by atoms with Crippen LogP contribution in [0.4, 0.5) is 0 Å². The first kappa shape index (κ1) is 16.4. The average molecular weight is 307 g/mol. The SMILES string of the molecule is Cc1[nH]c(=O)sc1S(=O)(=O)NCC(C)(C)CN(C)C. The molecule has 1 rings (SSSR count). The lowest BCUT2D eigenvalue weighted by Gasteiger charge is -2.28. The number of aromatic nitrogens is 1. The molecule has 110 valence electrons. The van der Waals surface area contributed by atoms with Crippen molar-refractivity contribution >= 4 is 21.4 Å². The zero-order valence-corrected chi connectivity index (χ0v) is 13.5. The number of hydrogen-bond acceptors (Lipinski definition) is 5. The summed E-state index contributed by atoms with van der Waals surface area (Å²) in [7, 11) is 0.265. The van der Waals surface area contributed by atoms with Gasteiger partial charge < -0.3 is 9.88 Å². The zero-order chi connectivity index (χ0) is 14.8. The molecular formula is C11H21N3O3S2. The molecule has 1 heterocycles. The number of nitrogens with one attached hydrogen (secondary N) is 2. The van der Waals surface area contributed by atoms with Gasteiger partial charge in [-0.1, -0.05) is 25.2 Å². The quantitative estimate of drug-likeness (QED) is 0.807. The Balaban J connectivity index is 2.82. The second kappa shape index (κ2) is 5.74. The van der Waals surface area contributed by atoms with Crippen LogP contribution in [0.5, 0.6) is 0 Å². The number of thiazole rings is 1. The average Bonchev–Trinajstić information content (AvgIpc) is 2.54. The van der Waals surface area contributed by atoms with E-state index >= 15 is 0 Å². The van der Waals surface area contributed by atoms with Crippen LogP contribution in [0.25, 0.3) is 0 Å². The minimum absolute atomic E-state index is 0.0677. The predicted molar refractivity (Wildman–Crippen MR) is 77.2 cm³/mol. The Kier molecular flexibility index (Phi) is 4.94. The summed E-state index contributed by atoms with van der Waals surface area (Å²) >= 11 is 0.714. The van der Waals surface area contributed by atoms with Crippen LogP contribution in [0.1, 0.15) is 19.5 Å². The Labute approximate surface area is 117 Å². The van der Waals surface area contributed by atoms with Gasteiger partial charge in [-0.25, -0.2) is 13.1 Å². The van der Waals surface area contributed by atoms with Crippen LogP contribution in [0.3, 0.4) is 0 Å². The number of nitrogens with zero attached hydrogens (tertiary/aromatic N) is 1. The summed E-state index contributed by atoms with van der Waals surface area (Å²) < 4.78 is 26.9. The van der Waals surface area contributed by atoms with Gasteiger partial charge >= 0.3 is 4.87 Å². The van der Waals surface area contributed by atoms with E-state index in [0.717, 1.165) is 6.54 Å². The molecule has 2 N–H and O–H groups in total. The van der Waals surface area contributed by atoms with Gasteiger partial charge in [-0.15, -0.1) is 0 Å². The molecule has 0 aliphatic heterocycles. The summed E-state index contributed by atoms with van der Waals surface area (Å²) in [6, 6.07) is 0. The molecule has 0 atom stereocenters. The highest BCUT2D eigenvalue weighted by molar-refractivity contribution is 7.91. The van der Waals surface area contributed by atoms with E-state index in [2.05, 4.69) is 9.71 Å². The molecule has 0 spiro atoms. The normalized spacial score (nSPS) is 13.2. The molecule has 0 saturated heterocycles. The van der Waals surface area contributed by atoms with E-state index in [9.17, 15) is 13.2 Å². The third-order valence-electron chi connectivity index (χ3n) is 2.51. The van der Waals surface area contributed by atoms with E-state index in [1.165, 1.54) is 0 Å². The summed E-state index contributed by atoms with van der Waals surface area (Å²) in [6.07, 6.45) is 0. The Morgan fingerprint density at radius 3 is 2.37 bits per heavy atom. The molecule has 0 aliphatic carbocycles. The lowest BCUT2D eigenvalue weighted by Crippen LogP contribution is -2.39. The van der Waals surface area contributed by atoms with E-state index in [1.807, 2.05) is 32.8 Å². The number of hydrogen-bond donors (Lipinski definition) is 2. The molecular weight excluding hydrogens is 286 g/mol. The van der Waals surface area contributed by atoms with E-state index in [4.69, 9.17) is 0 Å². The van der Waals surface area contributed by atoms with Gasteiger partial charge in [0, 0.05) is 18.8 Å². The van der Waals surface area contributed by atoms with Crippen LogP contribution < -0.4 is 9.60 Å². The fourth-order valence-electron chi connectivity index (χ4n) is 1.91. The van der Waals surface area contributed by atoms with E-state index in [1.54, 1.807) is 6.92 Å². The Morgan fingerprint density at radius 1 is 1.37 bits per heavy atom. The summed E-state index contributed by atoms with van der Waals surface area (Å²) in [5, 5.41) is 0. The highest BCUT2D eigenvalue weighted by Crippen LogP contribution is 2.19. The van der Waals surface area contributed by atoms with Gasteiger partial charge in [-0.3, -0.25) is 4.79 Å². The number of rotatable bonds is 6. The van der Waals surface area contributed by atoms with Gasteiger partial charge in [-0.2, -0.15) is 0 Å². The van der Waals surface area contributed by atoms with Gasteiger partial charge in [0.1, 0.15) is 0 Å². The molecule has 1 aromatic heterocycles. The molecule has 0 aromatic carbocycles. The number of aryl methyl sites for hydroxylation is 1.